The van der Waals surface area contributed by atoms with E-state index in [4.69, 9.17) is 27.9 Å². The molecule has 1 heterocycles. The van der Waals surface area contributed by atoms with E-state index in [0.717, 1.165) is 5.56 Å². The van der Waals surface area contributed by atoms with Gasteiger partial charge in [-0.2, -0.15) is 0 Å². The lowest BCUT2D eigenvalue weighted by Gasteiger charge is -2.24. The number of benzene rings is 2. The first-order valence-electron chi connectivity index (χ1n) is 6.43. The number of hydrogen-bond acceptors (Lipinski definition) is 3. The van der Waals surface area contributed by atoms with Gasteiger partial charge in [-0.1, -0.05) is 29.3 Å². The van der Waals surface area contributed by atoms with E-state index >= 15 is 0 Å². The van der Waals surface area contributed by atoms with Gasteiger partial charge >= 0.3 is 0 Å². The maximum Gasteiger partial charge on any atom is 0.262 e. The number of ether oxygens (including phenoxy) is 1. The number of nitrogens with zero attached hydrogens (tertiary/aromatic N) is 1. The molecule has 2 aromatic rings. The summed E-state index contributed by atoms with van der Waals surface area (Å²) < 4.78 is 5.42. The Hall–Kier alpha value is -2.17. The molecule has 1 aliphatic heterocycles. The number of aryl methyl sites for hydroxylation is 1. The van der Waals surface area contributed by atoms with Gasteiger partial charge in [0.25, 0.3) is 5.91 Å². The highest BCUT2D eigenvalue weighted by Crippen LogP contribution is 2.36. The average Bonchev–Trinajstić information content (AvgIpc) is 2.50. The molecule has 22 heavy (non-hydrogen) atoms. The third kappa shape index (κ3) is 2.51. The smallest absolute Gasteiger partial charge is 0.262 e. The summed E-state index contributed by atoms with van der Waals surface area (Å²) in [6, 6.07) is 8.29. The van der Waals surface area contributed by atoms with E-state index in [1.807, 2.05) is 19.1 Å². The summed E-state index contributed by atoms with van der Waals surface area (Å²) in [5.74, 6) is 0.0219. The number of hydrogen-bond donors (Lipinski definition) is 1. The minimum atomic E-state index is -0.326. The lowest BCUT2D eigenvalue weighted by Crippen LogP contribution is -2.27. The third-order valence-corrected chi connectivity index (χ3v) is 3.84. The molecule has 1 aliphatic rings. The van der Waals surface area contributed by atoms with Crippen molar-refractivity contribution in [1.82, 2.24) is 0 Å². The van der Waals surface area contributed by atoms with E-state index in [9.17, 15) is 9.90 Å². The lowest BCUT2D eigenvalue weighted by molar-refractivity contribution is 0.0995. The van der Waals surface area contributed by atoms with Gasteiger partial charge in [-0.25, -0.2) is 0 Å². The number of rotatable bonds is 1. The van der Waals surface area contributed by atoms with Crippen molar-refractivity contribution in [2.24, 2.45) is 0 Å². The van der Waals surface area contributed by atoms with Crippen LogP contribution in [-0.4, -0.2) is 11.0 Å². The van der Waals surface area contributed by atoms with Crippen LogP contribution in [0.1, 0.15) is 15.9 Å². The Morgan fingerprint density at radius 3 is 2.55 bits per heavy atom. The molecule has 1 N–H and O–H groups in total. The van der Waals surface area contributed by atoms with Gasteiger partial charge < -0.3 is 9.84 Å². The molecule has 0 aliphatic carbocycles. The van der Waals surface area contributed by atoms with Crippen LogP contribution in [0.3, 0.4) is 0 Å². The predicted molar refractivity (Wildman–Crippen MR) is 85.9 cm³/mol. The Morgan fingerprint density at radius 1 is 1.18 bits per heavy atom. The largest absolute Gasteiger partial charge is 0.505 e. The molecule has 2 aromatic carbocycles. The molecule has 0 fully saturated rings. The van der Waals surface area contributed by atoms with Crippen molar-refractivity contribution in [1.29, 1.82) is 0 Å². The van der Waals surface area contributed by atoms with Gasteiger partial charge in [-0.3, -0.25) is 9.69 Å². The van der Waals surface area contributed by atoms with Gasteiger partial charge in [0.1, 0.15) is 6.26 Å². The summed E-state index contributed by atoms with van der Waals surface area (Å²) in [5.41, 5.74) is 1.92. The van der Waals surface area contributed by atoms with Crippen LogP contribution in [0.5, 0.6) is 11.5 Å². The zero-order chi connectivity index (χ0) is 15.9. The first kappa shape index (κ1) is 14.8. The molecule has 4 nitrogen and oxygen atoms in total. The average molecular weight is 336 g/mol. The summed E-state index contributed by atoms with van der Waals surface area (Å²) >= 11 is 11.8. The third-order valence-electron chi connectivity index (χ3n) is 3.26. The Bertz CT molecular complexity index is 779. The molecule has 112 valence electrons. The number of carbonyl (C=O) groups excluding carboxylic acids is 1. The number of aromatic hydroxyl groups is 1. The fourth-order valence-electron chi connectivity index (χ4n) is 2.16. The summed E-state index contributed by atoms with van der Waals surface area (Å²) in [6.07, 6.45) is 2.96. The first-order chi connectivity index (χ1) is 10.5. The van der Waals surface area contributed by atoms with Crippen molar-refractivity contribution in [3.8, 4) is 11.5 Å². The van der Waals surface area contributed by atoms with Gasteiger partial charge in [-0.15, -0.1) is 0 Å². The van der Waals surface area contributed by atoms with E-state index in [0.29, 0.717) is 11.4 Å². The van der Waals surface area contributed by atoms with Crippen molar-refractivity contribution in [3.63, 3.8) is 0 Å². The van der Waals surface area contributed by atoms with Crippen molar-refractivity contribution in [3.05, 3.63) is 64.0 Å². The number of phenols is 1. The highest BCUT2D eigenvalue weighted by atomic mass is 35.5. The number of halogens is 2. The quantitative estimate of drug-likeness (QED) is 0.833. The van der Waals surface area contributed by atoms with Gasteiger partial charge in [0.15, 0.2) is 11.5 Å². The van der Waals surface area contributed by atoms with Crippen LogP contribution in [0.15, 0.2) is 42.8 Å². The van der Waals surface area contributed by atoms with Crippen molar-refractivity contribution in [2.45, 2.75) is 6.92 Å². The number of anilines is 1. The van der Waals surface area contributed by atoms with Gasteiger partial charge in [-0.05, 0) is 36.8 Å². The Labute approximate surface area is 137 Å². The highest BCUT2D eigenvalue weighted by Gasteiger charge is 2.23. The summed E-state index contributed by atoms with van der Waals surface area (Å²) in [7, 11) is 0. The summed E-state index contributed by atoms with van der Waals surface area (Å²) in [6.45, 7) is 1.94. The number of amides is 1. The number of fused-ring (bicyclic) bond motifs is 1. The van der Waals surface area contributed by atoms with Gasteiger partial charge in [0, 0.05) is 11.8 Å². The molecule has 6 heteroatoms. The number of carbonyl (C=O) groups is 1. The molecular formula is C16H11Cl2NO3. The van der Waals surface area contributed by atoms with Crippen molar-refractivity contribution < 1.29 is 14.6 Å². The SMILES string of the molecule is Cc1ccc2c(c1)OC=CN2C(=O)c1cc(Cl)c(O)c(Cl)c1. The lowest BCUT2D eigenvalue weighted by atomic mass is 10.1. The molecular weight excluding hydrogens is 325 g/mol. The topological polar surface area (TPSA) is 49.8 Å². The van der Waals surface area contributed by atoms with Crippen LogP contribution < -0.4 is 9.64 Å². The van der Waals surface area contributed by atoms with E-state index < -0.39 is 0 Å². The van der Waals surface area contributed by atoms with Crippen LogP contribution >= 0.6 is 23.2 Å². The van der Waals surface area contributed by atoms with Crippen LogP contribution in [0, 0.1) is 6.92 Å². The Morgan fingerprint density at radius 2 is 1.86 bits per heavy atom. The second-order valence-electron chi connectivity index (χ2n) is 4.84. The Balaban J connectivity index is 2.03. The summed E-state index contributed by atoms with van der Waals surface area (Å²) in [5, 5.41) is 9.64. The van der Waals surface area contributed by atoms with Crippen molar-refractivity contribution >= 4 is 34.8 Å². The molecule has 1 amide bonds. The molecule has 0 aromatic heterocycles. The van der Waals surface area contributed by atoms with E-state index in [1.165, 1.54) is 29.5 Å². The van der Waals surface area contributed by atoms with Gasteiger partial charge in [0.2, 0.25) is 0 Å². The maximum atomic E-state index is 12.7. The molecule has 0 unspecified atom stereocenters. The first-order valence-corrected chi connectivity index (χ1v) is 7.18. The van der Waals surface area contributed by atoms with E-state index in [1.54, 1.807) is 6.07 Å². The van der Waals surface area contributed by atoms with Gasteiger partial charge in [0.05, 0.1) is 15.7 Å². The molecule has 0 saturated carbocycles. The zero-order valence-corrected chi connectivity index (χ0v) is 13.0. The maximum absolute atomic E-state index is 12.7. The Kier molecular flexibility index (Phi) is 3.72. The number of phenolic OH excluding ortho intramolecular Hbond substituents is 1. The molecule has 0 radical (unpaired) electrons. The van der Waals surface area contributed by atoms with Crippen LogP contribution in [0.4, 0.5) is 5.69 Å². The molecule has 0 bridgehead atoms. The predicted octanol–water partition coefficient (Wildman–Crippen LogP) is 4.52. The molecule has 0 spiro atoms. The van der Waals surface area contributed by atoms with E-state index in [2.05, 4.69) is 0 Å². The molecule has 0 atom stereocenters. The zero-order valence-electron chi connectivity index (χ0n) is 11.5. The van der Waals surface area contributed by atoms with Crippen LogP contribution in [0.25, 0.3) is 0 Å². The van der Waals surface area contributed by atoms with Crippen LogP contribution in [0.2, 0.25) is 10.0 Å². The minimum absolute atomic E-state index is 0.0252. The second-order valence-corrected chi connectivity index (χ2v) is 5.65. The fourth-order valence-corrected chi connectivity index (χ4v) is 2.65. The molecule has 0 saturated heterocycles. The second kappa shape index (κ2) is 5.55. The minimum Gasteiger partial charge on any atom is -0.505 e. The van der Waals surface area contributed by atoms with E-state index in [-0.39, 0.29) is 27.3 Å². The van der Waals surface area contributed by atoms with Crippen LogP contribution in [-0.2, 0) is 0 Å². The van der Waals surface area contributed by atoms with Crippen molar-refractivity contribution in [2.75, 3.05) is 4.90 Å². The normalized spacial score (nSPS) is 12.8. The standard InChI is InChI=1S/C16H11Cl2NO3/c1-9-2-3-13-14(6-9)22-5-4-19(13)16(21)10-7-11(17)15(20)12(18)8-10/h2-8,20H,1H3. The molecule has 3 rings (SSSR count). The monoisotopic (exact) mass is 335 g/mol. The summed E-state index contributed by atoms with van der Waals surface area (Å²) in [4.78, 5) is 14.1. The fraction of sp³-hybridized carbons (Fsp3) is 0.0625. The highest BCUT2D eigenvalue weighted by molar-refractivity contribution is 6.37.